The van der Waals surface area contributed by atoms with Crippen molar-refractivity contribution in [1.29, 1.82) is 0 Å². The van der Waals surface area contributed by atoms with Crippen LogP contribution in [0, 0.1) is 6.92 Å². The van der Waals surface area contributed by atoms with Gasteiger partial charge in [0.2, 0.25) is 5.88 Å². The molecule has 2 N–H and O–H groups in total. The lowest BCUT2D eigenvalue weighted by Crippen LogP contribution is -1.91. The Morgan fingerprint density at radius 2 is 2.05 bits per heavy atom. The molecule has 19 heavy (non-hydrogen) atoms. The Bertz CT molecular complexity index is 624. The summed E-state index contributed by atoms with van der Waals surface area (Å²) in [7, 11) is -4.07. The average Bonchev–Trinajstić information content (AvgIpc) is 2.27. The minimum atomic E-state index is -4.07. The van der Waals surface area contributed by atoms with E-state index in [2.05, 4.69) is 4.98 Å². The molecule has 100 valence electrons. The van der Waals surface area contributed by atoms with Crippen molar-refractivity contribution in [2.45, 2.75) is 13.1 Å². The SMILES string of the molecule is Cc1ccnc(Oc2cccc(CP(=O)(O)O)c2)c1. The maximum absolute atomic E-state index is 11.0. The average molecular weight is 279 g/mol. The summed E-state index contributed by atoms with van der Waals surface area (Å²) in [5.74, 6) is 0.956. The Morgan fingerprint density at radius 3 is 2.74 bits per heavy atom. The molecule has 0 amide bonds. The quantitative estimate of drug-likeness (QED) is 0.841. The standard InChI is InChI=1S/C13H14NO4P/c1-10-5-6-14-13(7-10)18-12-4-2-3-11(8-12)9-19(15,16)17/h2-8H,9H2,1H3,(H2,15,16,17). The van der Waals surface area contributed by atoms with Gasteiger partial charge in [-0.3, -0.25) is 4.57 Å². The van der Waals surface area contributed by atoms with Gasteiger partial charge in [0.15, 0.2) is 0 Å². The van der Waals surface area contributed by atoms with Gasteiger partial charge < -0.3 is 14.5 Å². The fourth-order valence-electron chi connectivity index (χ4n) is 1.63. The highest BCUT2D eigenvalue weighted by Crippen LogP contribution is 2.39. The second-order valence-electron chi connectivity index (χ2n) is 4.24. The summed E-state index contributed by atoms with van der Waals surface area (Å²) in [6.07, 6.45) is 1.34. The van der Waals surface area contributed by atoms with Crippen LogP contribution in [0.3, 0.4) is 0 Å². The van der Waals surface area contributed by atoms with Gasteiger partial charge in [-0.1, -0.05) is 12.1 Å². The first-order valence-corrected chi connectivity index (χ1v) is 7.46. The van der Waals surface area contributed by atoms with Gasteiger partial charge in [-0.15, -0.1) is 0 Å². The van der Waals surface area contributed by atoms with Crippen LogP contribution in [0.4, 0.5) is 0 Å². The van der Waals surface area contributed by atoms with E-state index in [1.54, 1.807) is 36.5 Å². The summed E-state index contributed by atoms with van der Waals surface area (Å²) >= 11 is 0. The molecular formula is C13H14NO4P. The molecule has 5 nitrogen and oxygen atoms in total. The van der Waals surface area contributed by atoms with Crippen molar-refractivity contribution in [2.75, 3.05) is 0 Å². The Hall–Kier alpha value is -1.68. The molecule has 6 heteroatoms. The Balaban J connectivity index is 2.17. The van der Waals surface area contributed by atoms with E-state index in [0.717, 1.165) is 5.56 Å². The topological polar surface area (TPSA) is 79.7 Å². The number of pyridine rings is 1. The van der Waals surface area contributed by atoms with Crippen LogP contribution in [0.1, 0.15) is 11.1 Å². The molecular weight excluding hydrogens is 265 g/mol. The number of hydrogen-bond acceptors (Lipinski definition) is 3. The molecule has 0 bridgehead atoms. The van der Waals surface area contributed by atoms with Crippen molar-refractivity contribution < 1.29 is 19.1 Å². The summed E-state index contributed by atoms with van der Waals surface area (Å²) in [6.45, 7) is 1.93. The zero-order valence-corrected chi connectivity index (χ0v) is 11.2. The summed E-state index contributed by atoms with van der Waals surface area (Å²) in [6, 6.07) is 10.3. The van der Waals surface area contributed by atoms with Crippen molar-refractivity contribution in [3.63, 3.8) is 0 Å². The highest BCUT2D eigenvalue weighted by Gasteiger charge is 2.14. The molecule has 0 aliphatic carbocycles. The van der Waals surface area contributed by atoms with Crippen LogP contribution < -0.4 is 4.74 Å². The van der Waals surface area contributed by atoms with Crippen molar-refractivity contribution in [2.24, 2.45) is 0 Å². The van der Waals surface area contributed by atoms with Crippen LogP contribution in [0.2, 0.25) is 0 Å². The fraction of sp³-hybridized carbons (Fsp3) is 0.154. The van der Waals surface area contributed by atoms with Crippen LogP contribution >= 0.6 is 7.60 Å². The normalized spacial score (nSPS) is 11.3. The number of benzene rings is 1. The molecule has 0 saturated heterocycles. The van der Waals surface area contributed by atoms with Crippen LogP contribution in [-0.4, -0.2) is 14.8 Å². The second kappa shape index (κ2) is 5.53. The van der Waals surface area contributed by atoms with E-state index in [9.17, 15) is 4.57 Å². The van der Waals surface area contributed by atoms with E-state index in [-0.39, 0.29) is 6.16 Å². The van der Waals surface area contributed by atoms with Crippen LogP contribution in [-0.2, 0) is 10.7 Å². The van der Waals surface area contributed by atoms with E-state index in [4.69, 9.17) is 14.5 Å². The molecule has 1 aromatic heterocycles. The first-order valence-electron chi connectivity index (χ1n) is 5.66. The molecule has 1 aromatic carbocycles. The molecule has 0 saturated carbocycles. The number of rotatable bonds is 4. The molecule has 2 rings (SSSR count). The largest absolute Gasteiger partial charge is 0.439 e. The number of ether oxygens (including phenoxy) is 1. The van der Waals surface area contributed by atoms with Gasteiger partial charge in [0.25, 0.3) is 0 Å². The summed E-state index contributed by atoms with van der Waals surface area (Å²) < 4.78 is 16.5. The Morgan fingerprint density at radius 1 is 1.26 bits per heavy atom. The van der Waals surface area contributed by atoms with Gasteiger partial charge >= 0.3 is 7.60 Å². The molecule has 0 spiro atoms. The minimum absolute atomic E-state index is 0.300. The summed E-state index contributed by atoms with van der Waals surface area (Å²) in [5.41, 5.74) is 1.55. The van der Waals surface area contributed by atoms with Crippen molar-refractivity contribution >= 4 is 7.60 Å². The number of aromatic nitrogens is 1. The Labute approximate surface area is 111 Å². The molecule has 0 radical (unpaired) electrons. The van der Waals surface area contributed by atoms with Crippen molar-refractivity contribution in [3.05, 3.63) is 53.7 Å². The second-order valence-corrected chi connectivity index (χ2v) is 5.89. The molecule has 0 aliphatic heterocycles. The monoisotopic (exact) mass is 279 g/mol. The third kappa shape index (κ3) is 4.48. The van der Waals surface area contributed by atoms with E-state index in [0.29, 0.717) is 17.2 Å². The van der Waals surface area contributed by atoms with Gasteiger partial charge in [0.05, 0.1) is 6.16 Å². The molecule has 0 atom stereocenters. The third-order valence-electron chi connectivity index (χ3n) is 2.40. The van der Waals surface area contributed by atoms with Gasteiger partial charge in [0.1, 0.15) is 5.75 Å². The maximum atomic E-state index is 11.0. The molecule has 1 heterocycles. The number of hydrogen-bond donors (Lipinski definition) is 2. The van der Waals surface area contributed by atoms with Crippen molar-refractivity contribution in [3.8, 4) is 11.6 Å². The van der Waals surface area contributed by atoms with Crippen LogP contribution in [0.15, 0.2) is 42.6 Å². The lowest BCUT2D eigenvalue weighted by atomic mass is 10.2. The number of nitrogens with zero attached hydrogens (tertiary/aromatic N) is 1. The summed E-state index contributed by atoms with van der Waals surface area (Å²) in [4.78, 5) is 22.0. The first-order chi connectivity index (χ1) is 8.92. The summed E-state index contributed by atoms with van der Waals surface area (Å²) in [5, 5.41) is 0. The van der Waals surface area contributed by atoms with E-state index in [1.165, 1.54) is 0 Å². The lowest BCUT2D eigenvalue weighted by Gasteiger charge is -2.08. The zero-order valence-electron chi connectivity index (χ0n) is 10.4. The van der Waals surface area contributed by atoms with Gasteiger partial charge in [-0.2, -0.15) is 0 Å². The molecule has 0 fully saturated rings. The van der Waals surface area contributed by atoms with Crippen LogP contribution in [0.25, 0.3) is 0 Å². The highest BCUT2D eigenvalue weighted by atomic mass is 31.2. The van der Waals surface area contributed by atoms with E-state index in [1.807, 2.05) is 13.0 Å². The van der Waals surface area contributed by atoms with Crippen molar-refractivity contribution in [1.82, 2.24) is 4.98 Å². The maximum Gasteiger partial charge on any atom is 0.329 e. The molecule has 0 unspecified atom stereocenters. The Kier molecular flexibility index (Phi) is 4.00. The molecule has 0 aliphatic rings. The highest BCUT2D eigenvalue weighted by molar-refractivity contribution is 7.50. The number of aryl methyl sites for hydroxylation is 1. The predicted molar refractivity (Wildman–Crippen MR) is 71.2 cm³/mol. The van der Waals surface area contributed by atoms with Gasteiger partial charge in [-0.25, -0.2) is 4.98 Å². The molecule has 2 aromatic rings. The predicted octanol–water partition coefficient (Wildman–Crippen LogP) is 2.86. The fourth-order valence-corrected chi connectivity index (χ4v) is 2.30. The zero-order chi connectivity index (χ0) is 13.9. The third-order valence-corrected chi connectivity index (χ3v) is 3.18. The van der Waals surface area contributed by atoms with E-state index < -0.39 is 7.60 Å². The van der Waals surface area contributed by atoms with Gasteiger partial charge in [-0.05, 0) is 36.2 Å². The van der Waals surface area contributed by atoms with E-state index >= 15 is 0 Å². The smallest absolute Gasteiger partial charge is 0.329 e. The minimum Gasteiger partial charge on any atom is -0.439 e. The first kappa shape index (κ1) is 13.7. The van der Waals surface area contributed by atoms with Gasteiger partial charge in [0, 0.05) is 12.3 Å². The van der Waals surface area contributed by atoms with Crippen LogP contribution in [0.5, 0.6) is 11.6 Å². The lowest BCUT2D eigenvalue weighted by molar-refractivity contribution is 0.371.